The maximum Gasteiger partial charge on any atom is 0.250 e. The van der Waals surface area contributed by atoms with Gasteiger partial charge < -0.3 is 14.8 Å². The number of amides is 1. The Kier molecular flexibility index (Phi) is 4.63. The molecule has 7 rings (SSSR count). The number of benzene rings is 3. The molecule has 1 spiro atoms. The van der Waals surface area contributed by atoms with E-state index in [0.29, 0.717) is 17.1 Å². The number of hydrogen-bond donors (Lipinski definition) is 1. The van der Waals surface area contributed by atoms with Crippen LogP contribution in [0.15, 0.2) is 71.2 Å². The lowest BCUT2D eigenvalue weighted by Crippen LogP contribution is -2.52. The predicted octanol–water partition coefficient (Wildman–Crippen LogP) is 5.09. The van der Waals surface area contributed by atoms with Crippen LogP contribution in [0, 0.1) is 5.92 Å². The van der Waals surface area contributed by atoms with Crippen LogP contribution in [0.3, 0.4) is 0 Å². The second-order valence-corrected chi connectivity index (χ2v) is 10.6. The maximum absolute atomic E-state index is 14.5. The van der Waals surface area contributed by atoms with Gasteiger partial charge in [-0.1, -0.05) is 46.3 Å². The van der Waals surface area contributed by atoms with Crippen molar-refractivity contribution in [3.63, 3.8) is 0 Å². The van der Waals surface area contributed by atoms with Crippen LogP contribution in [-0.2, 0) is 10.3 Å². The van der Waals surface area contributed by atoms with E-state index in [-0.39, 0.29) is 30.4 Å². The lowest BCUT2D eigenvalue weighted by Gasteiger charge is -2.37. The Bertz CT molecular complexity index is 1380. The van der Waals surface area contributed by atoms with Crippen LogP contribution in [0.2, 0.25) is 0 Å². The molecule has 3 unspecified atom stereocenters. The summed E-state index contributed by atoms with van der Waals surface area (Å²) in [7, 11) is 0. The molecule has 1 N–H and O–H groups in total. The summed E-state index contributed by atoms with van der Waals surface area (Å²) in [5.74, 6) is 0.331. The van der Waals surface area contributed by atoms with Crippen molar-refractivity contribution in [2.75, 3.05) is 18.7 Å². The molecule has 4 atom stereocenters. The van der Waals surface area contributed by atoms with Crippen LogP contribution in [0.5, 0.6) is 11.5 Å². The van der Waals surface area contributed by atoms with Gasteiger partial charge in [-0.2, -0.15) is 0 Å². The van der Waals surface area contributed by atoms with Crippen molar-refractivity contribution >= 4 is 33.3 Å². The van der Waals surface area contributed by atoms with E-state index in [0.717, 1.165) is 40.7 Å². The van der Waals surface area contributed by atoms with Gasteiger partial charge in [-0.25, -0.2) is 0 Å². The number of ketones is 1. The number of Topliss-reactive ketones (excluding diaryl/α,β-unsaturated/α-hetero) is 1. The fourth-order valence-electron chi connectivity index (χ4n) is 6.81. The van der Waals surface area contributed by atoms with Gasteiger partial charge in [-0.05, 0) is 61.3 Å². The topological polar surface area (TPSA) is 67.9 Å². The summed E-state index contributed by atoms with van der Waals surface area (Å²) in [5, 5.41) is 3.12. The molecular formula is C28H23BrN2O4. The monoisotopic (exact) mass is 530 g/mol. The fraction of sp³-hybridized carbons (Fsp3) is 0.286. The normalized spacial score (nSPS) is 28.3. The molecule has 176 valence electrons. The minimum atomic E-state index is -1.08. The molecule has 0 aromatic heterocycles. The van der Waals surface area contributed by atoms with Gasteiger partial charge in [0, 0.05) is 33.2 Å². The zero-order valence-corrected chi connectivity index (χ0v) is 20.5. The molecule has 7 heteroatoms. The smallest absolute Gasteiger partial charge is 0.250 e. The Morgan fingerprint density at radius 1 is 1.03 bits per heavy atom. The van der Waals surface area contributed by atoms with E-state index in [1.807, 2.05) is 36.4 Å². The van der Waals surface area contributed by atoms with Crippen LogP contribution >= 0.6 is 15.9 Å². The van der Waals surface area contributed by atoms with E-state index in [4.69, 9.17) is 9.47 Å². The van der Waals surface area contributed by atoms with E-state index in [1.54, 1.807) is 18.2 Å². The first-order chi connectivity index (χ1) is 17.1. The molecule has 6 nitrogen and oxygen atoms in total. The Morgan fingerprint density at radius 3 is 2.71 bits per heavy atom. The molecule has 2 fully saturated rings. The van der Waals surface area contributed by atoms with Crippen molar-refractivity contribution < 1.29 is 19.1 Å². The van der Waals surface area contributed by atoms with Gasteiger partial charge in [-0.15, -0.1) is 0 Å². The lowest BCUT2D eigenvalue weighted by atomic mass is 9.69. The molecule has 1 amide bonds. The molecule has 3 aromatic carbocycles. The summed E-state index contributed by atoms with van der Waals surface area (Å²) in [4.78, 5) is 30.9. The van der Waals surface area contributed by atoms with E-state index in [1.165, 1.54) is 0 Å². The highest BCUT2D eigenvalue weighted by atomic mass is 79.9. The summed E-state index contributed by atoms with van der Waals surface area (Å²) in [6.45, 7) is 0.922. The van der Waals surface area contributed by atoms with Crippen molar-refractivity contribution in [2.24, 2.45) is 5.92 Å². The summed E-state index contributed by atoms with van der Waals surface area (Å²) < 4.78 is 11.9. The highest BCUT2D eigenvalue weighted by molar-refractivity contribution is 9.10. The molecule has 0 bridgehead atoms. The molecule has 0 saturated carbocycles. The molecular weight excluding hydrogens is 508 g/mol. The minimum Gasteiger partial charge on any atom is -0.454 e. The number of nitrogens with one attached hydrogen (secondary N) is 1. The largest absolute Gasteiger partial charge is 0.454 e. The van der Waals surface area contributed by atoms with Crippen LogP contribution in [0.25, 0.3) is 0 Å². The number of carbonyl (C=O) groups is 2. The van der Waals surface area contributed by atoms with Gasteiger partial charge in [0.05, 0.1) is 5.92 Å². The van der Waals surface area contributed by atoms with Gasteiger partial charge in [0.2, 0.25) is 12.7 Å². The van der Waals surface area contributed by atoms with Crippen molar-refractivity contribution in [3.05, 3.63) is 87.9 Å². The van der Waals surface area contributed by atoms with Gasteiger partial charge in [-0.3, -0.25) is 14.5 Å². The second-order valence-electron chi connectivity index (χ2n) is 9.66. The summed E-state index contributed by atoms with van der Waals surface area (Å²) >= 11 is 3.61. The first-order valence-electron chi connectivity index (χ1n) is 12.0. The highest BCUT2D eigenvalue weighted by Gasteiger charge is 2.69. The zero-order valence-electron chi connectivity index (χ0n) is 18.9. The van der Waals surface area contributed by atoms with Gasteiger partial charge in [0.1, 0.15) is 5.54 Å². The molecule has 0 radical (unpaired) electrons. The van der Waals surface area contributed by atoms with Gasteiger partial charge in [0.25, 0.3) is 0 Å². The van der Waals surface area contributed by atoms with E-state index >= 15 is 0 Å². The van der Waals surface area contributed by atoms with Crippen molar-refractivity contribution in [3.8, 4) is 11.5 Å². The molecule has 4 aliphatic rings. The van der Waals surface area contributed by atoms with E-state index in [9.17, 15) is 9.59 Å². The number of ether oxygens (including phenoxy) is 2. The molecule has 3 aromatic rings. The SMILES string of the molecule is O=C(c1ccc2c(c1)OCO2)C1C(c2ccccc2)C2CCCN2[C@@]12C(=O)Nc1ccc(Br)cc12. The standard InChI is InChI=1S/C28H23BrN2O4/c29-18-9-10-20-19(14-18)28(27(33)30-20)25(26(32)17-8-11-22-23(13-17)35-15-34-22)24(16-5-2-1-3-6-16)21-7-4-12-31(21)28/h1-3,5-6,8-11,13-14,21,24-25H,4,7,12,15H2,(H,30,33)/t21?,24?,25?,28-/m1/s1. The maximum atomic E-state index is 14.5. The number of anilines is 1. The third-order valence-electron chi connectivity index (χ3n) is 8.09. The van der Waals surface area contributed by atoms with Crippen molar-refractivity contribution in [1.29, 1.82) is 0 Å². The predicted molar refractivity (Wildman–Crippen MR) is 134 cm³/mol. The van der Waals surface area contributed by atoms with Crippen LogP contribution in [-0.4, -0.2) is 36.0 Å². The highest BCUT2D eigenvalue weighted by Crippen LogP contribution is 2.61. The number of carbonyl (C=O) groups excluding carboxylic acids is 2. The van der Waals surface area contributed by atoms with Crippen LogP contribution in [0.4, 0.5) is 5.69 Å². The Balaban J connectivity index is 1.47. The first kappa shape index (κ1) is 21.1. The number of halogens is 1. The average Bonchev–Trinajstić information content (AvgIpc) is 3.63. The number of rotatable bonds is 3. The quantitative estimate of drug-likeness (QED) is 0.478. The Labute approximate surface area is 211 Å². The first-order valence-corrected chi connectivity index (χ1v) is 12.8. The van der Waals surface area contributed by atoms with E-state index in [2.05, 4.69) is 38.3 Å². The third kappa shape index (κ3) is 2.85. The van der Waals surface area contributed by atoms with Crippen molar-refractivity contribution in [2.45, 2.75) is 30.3 Å². The van der Waals surface area contributed by atoms with Crippen molar-refractivity contribution in [1.82, 2.24) is 4.90 Å². The Hall–Kier alpha value is -3.16. The van der Waals surface area contributed by atoms with Crippen LogP contribution in [0.1, 0.15) is 40.2 Å². The minimum absolute atomic E-state index is 0.0467. The Morgan fingerprint density at radius 2 is 1.86 bits per heavy atom. The zero-order chi connectivity index (χ0) is 23.7. The molecule has 4 heterocycles. The average molecular weight is 531 g/mol. The molecule has 35 heavy (non-hydrogen) atoms. The number of hydrogen-bond acceptors (Lipinski definition) is 5. The molecule has 2 saturated heterocycles. The number of fused-ring (bicyclic) bond motifs is 5. The summed E-state index contributed by atoms with van der Waals surface area (Å²) in [5.41, 5.74) is 2.21. The van der Waals surface area contributed by atoms with Gasteiger partial charge in [0.15, 0.2) is 17.3 Å². The third-order valence-corrected chi connectivity index (χ3v) is 8.58. The van der Waals surface area contributed by atoms with Gasteiger partial charge >= 0.3 is 0 Å². The number of nitrogens with zero attached hydrogens (tertiary/aromatic N) is 1. The molecule has 0 aliphatic carbocycles. The molecule has 4 aliphatic heterocycles. The second kappa shape index (κ2) is 7.67. The summed E-state index contributed by atoms with van der Waals surface area (Å²) in [6.07, 6.45) is 1.94. The lowest BCUT2D eigenvalue weighted by molar-refractivity contribution is -0.127. The van der Waals surface area contributed by atoms with Crippen LogP contribution < -0.4 is 14.8 Å². The fourth-order valence-corrected chi connectivity index (χ4v) is 7.17. The van der Waals surface area contributed by atoms with E-state index < -0.39 is 11.5 Å². The summed E-state index contributed by atoms with van der Waals surface area (Å²) in [6, 6.07) is 21.5.